The van der Waals surface area contributed by atoms with Gasteiger partial charge in [0.05, 0.1) is 24.7 Å². The summed E-state index contributed by atoms with van der Waals surface area (Å²) in [6.07, 6.45) is 8.05. The highest BCUT2D eigenvalue weighted by Crippen LogP contribution is 2.37. The van der Waals surface area contributed by atoms with Gasteiger partial charge in [-0.25, -0.2) is 4.52 Å². The Kier molecular flexibility index (Phi) is 5.49. The molecular weight excluding hydrogens is 382 g/mol. The molecule has 0 saturated carbocycles. The molecule has 150 valence electrons. The Balaban J connectivity index is 1.73. The summed E-state index contributed by atoms with van der Waals surface area (Å²) in [4.78, 5) is 0. The summed E-state index contributed by atoms with van der Waals surface area (Å²) in [5.41, 5.74) is 6.29. The largest absolute Gasteiger partial charge is 0.494 e. The normalized spacial score (nSPS) is 12.3. The number of ether oxygens (including phenoxy) is 1. The molecule has 6 nitrogen and oxygen atoms in total. The molecule has 0 bridgehead atoms. The standard InChI is InChI=1S/C22H25N5OS/c1-15(29-4)21-18(14-26(2)25-21)17-10-20(28-3)22-19(12-24-27(22)13-17)23-11-16-8-6-5-7-9-16/h5-10,12-15,23H,11H2,1-4H3. The predicted molar refractivity (Wildman–Crippen MR) is 120 cm³/mol. The summed E-state index contributed by atoms with van der Waals surface area (Å²) in [6.45, 7) is 2.90. The molecule has 0 radical (unpaired) electrons. The minimum absolute atomic E-state index is 0.300. The second-order valence-electron chi connectivity index (χ2n) is 6.97. The van der Waals surface area contributed by atoms with Gasteiger partial charge in [-0.15, -0.1) is 0 Å². The van der Waals surface area contributed by atoms with Crippen molar-refractivity contribution in [3.05, 3.63) is 66.2 Å². The Bertz CT molecular complexity index is 1120. The number of pyridine rings is 1. The van der Waals surface area contributed by atoms with E-state index in [2.05, 4.69) is 53.1 Å². The fourth-order valence-electron chi connectivity index (χ4n) is 3.45. The van der Waals surface area contributed by atoms with Crippen LogP contribution in [0.1, 0.15) is 23.4 Å². The Morgan fingerprint density at radius 2 is 2.00 bits per heavy atom. The number of methoxy groups -OCH3 is 1. The average molecular weight is 408 g/mol. The number of fused-ring (bicyclic) bond motifs is 1. The summed E-state index contributed by atoms with van der Waals surface area (Å²) in [5, 5.41) is 13.0. The molecule has 0 spiro atoms. The number of nitrogens with one attached hydrogen (secondary N) is 1. The predicted octanol–water partition coefficient (Wildman–Crippen LogP) is 4.78. The van der Waals surface area contributed by atoms with Gasteiger partial charge in [0, 0.05) is 42.4 Å². The number of hydrogen-bond acceptors (Lipinski definition) is 5. The monoisotopic (exact) mass is 407 g/mol. The number of rotatable bonds is 7. The van der Waals surface area contributed by atoms with Crippen LogP contribution in [0.25, 0.3) is 16.6 Å². The highest BCUT2D eigenvalue weighted by atomic mass is 32.2. The average Bonchev–Trinajstić information content (AvgIpc) is 3.35. The number of aryl methyl sites for hydroxylation is 1. The van der Waals surface area contributed by atoms with Gasteiger partial charge < -0.3 is 10.1 Å². The molecule has 1 N–H and O–H groups in total. The number of anilines is 1. The van der Waals surface area contributed by atoms with Gasteiger partial charge in [0.2, 0.25) is 0 Å². The van der Waals surface area contributed by atoms with Gasteiger partial charge in [-0.3, -0.25) is 4.68 Å². The van der Waals surface area contributed by atoms with E-state index in [-0.39, 0.29) is 0 Å². The van der Waals surface area contributed by atoms with E-state index in [9.17, 15) is 0 Å². The van der Waals surface area contributed by atoms with E-state index >= 15 is 0 Å². The van der Waals surface area contributed by atoms with Gasteiger partial charge in [-0.2, -0.15) is 22.0 Å². The van der Waals surface area contributed by atoms with Gasteiger partial charge in [0.25, 0.3) is 0 Å². The molecule has 1 atom stereocenters. The minimum atomic E-state index is 0.300. The quantitative estimate of drug-likeness (QED) is 0.478. The van der Waals surface area contributed by atoms with Crippen LogP contribution in [-0.4, -0.2) is 32.8 Å². The lowest BCUT2D eigenvalue weighted by Gasteiger charge is -2.12. The molecule has 4 aromatic rings. The van der Waals surface area contributed by atoms with Crippen LogP contribution < -0.4 is 10.1 Å². The summed E-state index contributed by atoms with van der Waals surface area (Å²) in [7, 11) is 3.65. The molecule has 0 fully saturated rings. The first-order chi connectivity index (χ1) is 14.1. The van der Waals surface area contributed by atoms with E-state index in [0.717, 1.165) is 40.3 Å². The van der Waals surface area contributed by atoms with E-state index in [4.69, 9.17) is 4.74 Å². The van der Waals surface area contributed by atoms with Crippen molar-refractivity contribution >= 4 is 23.0 Å². The topological polar surface area (TPSA) is 56.4 Å². The lowest BCUT2D eigenvalue weighted by atomic mass is 10.1. The SMILES string of the molecule is COc1cc(-c2cn(C)nc2C(C)SC)cn2ncc(NCc3ccccc3)c12. The van der Waals surface area contributed by atoms with E-state index in [1.54, 1.807) is 18.9 Å². The number of benzene rings is 1. The van der Waals surface area contributed by atoms with Gasteiger partial charge >= 0.3 is 0 Å². The molecule has 29 heavy (non-hydrogen) atoms. The third-order valence-electron chi connectivity index (χ3n) is 5.03. The maximum Gasteiger partial charge on any atom is 0.147 e. The molecule has 4 rings (SSSR count). The number of aromatic nitrogens is 4. The van der Waals surface area contributed by atoms with Crippen LogP contribution in [0.4, 0.5) is 5.69 Å². The maximum absolute atomic E-state index is 5.74. The van der Waals surface area contributed by atoms with Crippen LogP contribution >= 0.6 is 11.8 Å². The lowest BCUT2D eigenvalue weighted by Crippen LogP contribution is -2.00. The fraction of sp³-hybridized carbons (Fsp3) is 0.273. The van der Waals surface area contributed by atoms with Crippen LogP contribution in [0.15, 0.2) is 55.0 Å². The molecule has 3 aromatic heterocycles. The zero-order valence-corrected chi connectivity index (χ0v) is 17.9. The maximum atomic E-state index is 5.74. The van der Waals surface area contributed by atoms with Crippen molar-refractivity contribution < 1.29 is 4.74 Å². The van der Waals surface area contributed by atoms with Crippen LogP contribution in [-0.2, 0) is 13.6 Å². The van der Waals surface area contributed by atoms with Gasteiger partial charge in [0.1, 0.15) is 11.3 Å². The van der Waals surface area contributed by atoms with E-state index < -0.39 is 0 Å². The number of nitrogens with zero attached hydrogens (tertiary/aromatic N) is 4. The van der Waals surface area contributed by atoms with Crippen molar-refractivity contribution in [3.8, 4) is 16.9 Å². The van der Waals surface area contributed by atoms with Crippen molar-refractivity contribution in [2.75, 3.05) is 18.7 Å². The van der Waals surface area contributed by atoms with E-state index in [0.29, 0.717) is 5.25 Å². The van der Waals surface area contributed by atoms with Crippen molar-refractivity contribution in [2.24, 2.45) is 7.05 Å². The van der Waals surface area contributed by atoms with Crippen molar-refractivity contribution in [2.45, 2.75) is 18.7 Å². The minimum Gasteiger partial charge on any atom is -0.494 e. The molecule has 0 amide bonds. The van der Waals surface area contributed by atoms with Gasteiger partial charge in [0.15, 0.2) is 0 Å². The molecule has 3 heterocycles. The van der Waals surface area contributed by atoms with Crippen LogP contribution in [0, 0.1) is 0 Å². The fourth-order valence-corrected chi connectivity index (χ4v) is 3.85. The van der Waals surface area contributed by atoms with E-state index in [1.807, 2.05) is 46.8 Å². The van der Waals surface area contributed by atoms with Crippen LogP contribution in [0.2, 0.25) is 0 Å². The van der Waals surface area contributed by atoms with Crippen LogP contribution in [0.3, 0.4) is 0 Å². The highest BCUT2D eigenvalue weighted by molar-refractivity contribution is 7.98. The van der Waals surface area contributed by atoms with Crippen molar-refractivity contribution in [1.82, 2.24) is 19.4 Å². The second kappa shape index (κ2) is 8.21. The molecule has 0 aliphatic rings. The smallest absolute Gasteiger partial charge is 0.147 e. The zero-order valence-electron chi connectivity index (χ0n) is 17.1. The molecule has 1 unspecified atom stereocenters. The second-order valence-corrected chi connectivity index (χ2v) is 8.15. The van der Waals surface area contributed by atoms with Crippen molar-refractivity contribution in [3.63, 3.8) is 0 Å². The van der Waals surface area contributed by atoms with Gasteiger partial charge in [-0.1, -0.05) is 30.3 Å². The highest BCUT2D eigenvalue weighted by Gasteiger charge is 2.19. The third kappa shape index (κ3) is 3.82. The molecule has 0 aliphatic heterocycles. The van der Waals surface area contributed by atoms with Crippen molar-refractivity contribution in [1.29, 1.82) is 0 Å². The summed E-state index contributed by atoms with van der Waals surface area (Å²) in [5.74, 6) is 0.780. The molecule has 7 heteroatoms. The third-order valence-corrected chi connectivity index (χ3v) is 5.96. The van der Waals surface area contributed by atoms with Gasteiger partial charge in [-0.05, 0) is 24.8 Å². The Morgan fingerprint density at radius 3 is 2.72 bits per heavy atom. The lowest BCUT2D eigenvalue weighted by molar-refractivity contribution is 0.418. The first kappa shape index (κ1) is 19.4. The molecule has 1 aromatic carbocycles. The number of hydrogen-bond donors (Lipinski definition) is 1. The van der Waals surface area contributed by atoms with E-state index in [1.165, 1.54) is 5.56 Å². The summed E-state index contributed by atoms with van der Waals surface area (Å²) >= 11 is 1.78. The molecule has 0 aliphatic carbocycles. The molecule has 0 saturated heterocycles. The Hall–Kier alpha value is -2.93. The Morgan fingerprint density at radius 1 is 1.21 bits per heavy atom. The summed E-state index contributed by atoms with van der Waals surface area (Å²) in [6, 6.07) is 12.4. The number of thioether (sulfide) groups is 1. The molecular formula is C22H25N5OS. The summed E-state index contributed by atoms with van der Waals surface area (Å²) < 4.78 is 9.48. The first-order valence-electron chi connectivity index (χ1n) is 9.50. The Labute approximate surface area is 174 Å². The van der Waals surface area contributed by atoms with Crippen LogP contribution in [0.5, 0.6) is 5.75 Å². The first-order valence-corrected chi connectivity index (χ1v) is 10.8. The zero-order chi connectivity index (χ0) is 20.4.